The van der Waals surface area contributed by atoms with Crippen LogP contribution in [0.3, 0.4) is 0 Å². The number of para-hydroxylation sites is 1. The third-order valence-corrected chi connectivity index (χ3v) is 5.65. The Balaban J connectivity index is 3.17. The summed E-state index contributed by atoms with van der Waals surface area (Å²) in [6, 6.07) is 5.02. The van der Waals surface area contributed by atoms with E-state index < -0.39 is 38.1 Å². The second-order valence-electron chi connectivity index (χ2n) is 6.52. The Labute approximate surface area is 171 Å². The van der Waals surface area contributed by atoms with Crippen molar-refractivity contribution in [1.82, 2.24) is 4.72 Å². The Hall–Kier alpha value is -2.46. The van der Waals surface area contributed by atoms with Crippen LogP contribution in [-0.4, -0.2) is 37.6 Å². The van der Waals surface area contributed by atoms with Crippen molar-refractivity contribution in [1.29, 1.82) is 0 Å². The van der Waals surface area contributed by atoms with E-state index in [4.69, 9.17) is 4.74 Å². The first-order valence-electron chi connectivity index (χ1n) is 9.44. The molecule has 0 aliphatic rings. The standard InChI is InChI=1S/C19H28N2O7S/c1-3-4-5-6-7-10-17(16(13-22)14-28-15(2)23)20-29(26,27)19-12-9-8-11-18(19)21(24)25/h8-9,11-12,20,22H,3-7,10,13-14H2,1-2H3/b17-16+. The number of hydrogen-bond acceptors (Lipinski definition) is 7. The zero-order valence-electron chi connectivity index (χ0n) is 16.7. The molecule has 9 nitrogen and oxygen atoms in total. The van der Waals surface area contributed by atoms with Gasteiger partial charge in [0.05, 0.1) is 11.5 Å². The van der Waals surface area contributed by atoms with E-state index in [0.29, 0.717) is 12.8 Å². The van der Waals surface area contributed by atoms with Crippen LogP contribution < -0.4 is 4.72 Å². The van der Waals surface area contributed by atoms with Crippen molar-refractivity contribution in [2.45, 2.75) is 57.3 Å². The molecule has 0 saturated carbocycles. The fraction of sp³-hybridized carbons (Fsp3) is 0.526. The highest BCUT2D eigenvalue weighted by atomic mass is 32.2. The molecular formula is C19H28N2O7S. The summed E-state index contributed by atoms with van der Waals surface area (Å²) in [7, 11) is -4.28. The molecule has 0 unspecified atom stereocenters. The van der Waals surface area contributed by atoms with Crippen molar-refractivity contribution in [2.24, 2.45) is 0 Å². The number of sulfonamides is 1. The van der Waals surface area contributed by atoms with Gasteiger partial charge in [-0.2, -0.15) is 0 Å². The Kier molecular flexibility index (Phi) is 10.3. The van der Waals surface area contributed by atoms with Gasteiger partial charge in [0, 0.05) is 24.3 Å². The summed E-state index contributed by atoms with van der Waals surface area (Å²) in [5, 5.41) is 20.9. The molecule has 0 radical (unpaired) electrons. The molecule has 10 heteroatoms. The zero-order valence-corrected chi connectivity index (χ0v) is 17.5. The van der Waals surface area contributed by atoms with Gasteiger partial charge < -0.3 is 9.84 Å². The predicted octanol–water partition coefficient (Wildman–Crippen LogP) is 3.04. The van der Waals surface area contributed by atoms with E-state index in [1.54, 1.807) is 0 Å². The number of allylic oxidation sites excluding steroid dienone is 1. The Bertz CT molecular complexity index is 835. The molecule has 0 bridgehead atoms. The number of unbranched alkanes of at least 4 members (excludes halogenated alkanes) is 4. The van der Waals surface area contributed by atoms with Crippen molar-refractivity contribution in [2.75, 3.05) is 13.2 Å². The van der Waals surface area contributed by atoms with Crippen LogP contribution in [0.15, 0.2) is 40.4 Å². The molecule has 0 aliphatic carbocycles. The molecule has 0 aliphatic heterocycles. The van der Waals surface area contributed by atoms with Gasteiger partial charge in [0.15, 0.2) is 4.90 Å². The van der Waals surface area contributed by atoms with Gasteiger partial charge in [0.2, 0.25) is 0 Å². The van der Waals surface area contributed by atoms with E-state index in [2.05, 4.69) is 11.6 Å². The van der Waals surface area contributed by atoms with Crippen LogP contribution >= 0.6 is 0 Å². The van der Waals surface area contributed by atoms with Crippen LogP contribution in [0.1, 0.15) is 52.4 Å². The number of nitro groups is 1. The highest BCUT2D eigenvalue weighted by Gasteiger charge is 2.26. The van der Waals surface area contributed by atoms with Gasteiger partial charge in [-0.3, -0.25) is 19.6 Å². The minimum Gasteiger partial charge on any atom is -0.461 e. The first kappa shape index (κ1) is 24.6. The predicted molar refractivity (Wildman–Crippen MR) is 108 cm³/mol. The molecule has 29 heavy (non-hydrogen) atoms. The molecule has 0 atom stereocenters. The summed E-state index contributed by atoms with van der Waals surface area (Å²) >= 11 is 0. The zero-order chi connectivity index (χ0) is 21.9. The number of nitrogens with zero attached hydrogens (tertiary/aromatic N) is 1. The maximum absolute atomic E-state index is 12.8. The summed E-state index contributed by atoms with van der Waals surface area (Å²) in [5.74, 6) is -0.570. The maximum Gasteiger partial charge on any atom is 0.302 e. The van der Waals surface area contributed by atoms with E-state index in [1.165, 1.54) is 19.1 Å². The van der Waals surface area contributed by atoms with Gasteiger partial charge in [-0.05, 0) is 18.9 Å². The van der Waals surface area contributed by atoms with Gasteiger partial charge >= 0.3 is 5.97 Å². The first-order chi connectivity index (χ1) is 13.7. The summed E-state index contributed by atoms with van der Waals surface area (Å²) in [4.78, 5) is 21.1. The molecule has 162 valence electrons. The average Bonchev–Trinajstić information content (AvgIpc) is 2.67. The summed E-state index contributed by atoms with van der Waals surface area (Å²) in [5.41, 5.74) is -0.158. The van der Waals surface area contributed by atoms with E-state index in [0.717, 1.165) is 37.8 Å². The fourth-order valence-corrected chi connectivity index (χ4v) is 4.03. The number of carbonyl (C=O) groups excluding carboxylic acids is 1. The third kappa shape index (κ3) is 8.20. The number of rotatable bonds is 13. The van der Waals surface area contributed by atoms with Gasteiger partial charge in [-0.25, -0.2) is 8.42 Å². The summed E-state index contributed by atoms with van der Waals surface area (Å²) in [6.45, 7) is 2.50. The normalized spacial score (nSPS) is 12.2. The number of carbonyl (C=O) groups is 1. The first-order valence-corrected chi connectivity index (χ1v) is 10.9. The maximum atomic E-state index is 12.8. The summed E-state index contributed by atoms with van der Waals surface area (Å²) < 4.78 is 32.9. The number of ether oxygens (including phenoxy) is 1. The molecule has 1 rings (SSSR count). The molecule has 1 aromatic carbocycles. The molecule has 0 heterocycles. The van der Waals surface area contributed by atoms with Crippen molar-refractivity contribution in [3.05, 3.63) is 45.6 Å². The van der Waals surface area contributed by atoms with Crippen molar-refractivity contribution >= 4 is 21.7 Å². The summed E-state index contributed by atoms with van der Waals surface area (Å²) in [6.07, 6.45) is 4.90. The van der Waals surface area contributed by atoms with Crippen LogP contribution in [0.2, 0.25) is 0 Å². The smallest absolute Gasteiger partial charge is 0.302 e. The molecule has 0 spiro atoms. The number of esters is 1. The SMILES string of the molecule is CCCCCCC/C(NS(=O)(=O)c1ccccc1[N+](=O)[O-])=C(/CO)COC(C)=O. The van der Waals surface area contributed by atoms with Crippen LogP contribution in [-0.2, 0) is 19.6 Å². The molecule has 0 fully saturated rings. The monoisotopic (exact) mass is 428 g/mol. The van der Waals surface area contributed by atoms with Gasteiger partial charge in [0.1, 0.15) is 6.61 Å². The number of hydrogen-bond donors (Lipinski definition) is 2. The lowest BCUT2D eigenvalue weighted by atomic mass is 10.1. The Morgan fingerprint density at radius 2 is 1.86 bits per heavy atom. The number of aliphatic hydroxyl groups excluding tert-OH is 1. The van der Waals surface area contributed by atoms with Crippen molar-refractivity contribution in [3.8, 4) is 0 Å². The molecule has 2 N–H and O–H groups in total. The highest BCUT2D eigenvalue weighted by Crippen LogP contribution is 2.24. The van der Waals surface area contributed by atoms with Crippen molar-refractivity contribution < 1.29 is 28.0 Å². The molecule has 0 aromatic heterocycles. The fourth-order valence-electron chi connectivity index (χ4n) is 2.67. The number of nitro benzene ring substituents is 1. The minimum absolute atomic E-state index is 0.184. The molecule has 0 saturated heterocycles. The number of nitrogens with one attached hydrogen (secondary N) is 1. The molecular weight excluding hydrogens is 400 g/mol. The average molecular weight is 429 g/mol. The quantitative estimate of drug-likeness (QED) is 0.213. The lowest BCUT2D eigenvalue weighted by Gasteiger charge is -2.17. The van der Waals surface area contributed by atoms with E-state index in [-0.39, 0.29) is 17.9 Å². The number of benzene rings is 1. The highest BCUT2D eigenvalue weighted by molar-refractivity contribution is 7.89. The largest absolute Gasteiger partial charge is 0.461 e. The van der Waals surface area contributed by atoms with Gasteiger partial charge in [-0.15, -0.1) is 0 Å². The third-order valence-electron chi connectivity index (χ3n) is 4.21. The second kappa shape index (κ2) is 12.2. The topological polar surface area (TPSA) is 136 Å². The minimum atomic E-state index is -4.28. The van der Waals surface area contributed by atoms with Crippen LogP contribution in [0.25, 0.3) is 0 Å². The number of aliphatic hydroxyl groups is 1. The molecule has 0 amide bonds. The Morgan fingerprint density at radius 1 is 1.21 bits per heavy atom. The lowest BCUT2D eigenvalue weighted by Crippen LogP contribution is -2.27. The van der Waals surface area contributed by atoms with Crippen LogP contribution in [0.5, 0.6) is 0 Å². The Morgan fingerprint density at radius 3 is 2.45 bits per heavy atom. The second-order valence-corrected chi connectivity index (χ2v) is 8.17. The van der Waals surface area contributed by atoms with Crippen LogP contribution in [0.4, 0.5) is 5.69 Å². The molecule has 1 aromatic rings. The van der Waals surface area contributed by atoms with Gasteiger partial charge in [-0.1, -0.05) is 44.7 Å². The van der Waals surface area contributed by atoms with Crippen molar-refractivity contribution in [3.63, 3.8) is 0 Å². The van der Waals surface area contributed by atoms with Gasteiger partial charge in [0.25, 0.3) is 15.7 Å². The van der Waals surface area contributed by atoms with E-state index >= 15 is 0 Å². The van der Waals surface area contributed by atoms with Crippen LogP contribution in [0, 0.1) is 10.1 Å². The lowest BCUT2D eigenvalue weighted by molar-refractivity contribution is -0.387. The van der Waals surface area contributed by atoms with E-state index in [9.17, 15) is 28.4 Å². The van der Waals surface area contributed by atoms with E-state index in [1.807, 2.05) is 0 Å².